The molecule has 19 heavy (non-hydrogen) atoms. The van der Waals surface area contributed by atoms with E-state index in [0.717, 1.165) is 16.7 Å². The van der Waals surface area contributed by atoms with Gasteiger partial charge < -0.3 is 4.74 Å². The van der Waals surface area contributed by atoms with E-state index in [9.17, 15) is 4.79 Å². The van der Waals surface area contributed by atoms with Crippen molar-refractivity contribution in [2.75, 3.05) is 7.11 Å². The fraction of sp³-hybridized carbons (Fsp3) is 0.118. The first kappa shape index (κ1) is 12.9. The molecule has 0 heterocycles. The Balaban J connectivity index is 2.07. The van der Waals surface area contributed by atoms with Crippen LogP contribution in [0, 0.1) is 11.8 Å². The molecule has 0 saturated heterocycles. The summed E-state index contributed by atoms with van der Waals surface area (Å²) in [5.74, 6) is 5.95. The van der Waals surface area contributed by atoms with Crippen molar-refractivity contribution >= 4 is 5.97 Å². The average Bonchev–Trinajstić information content (AvgIpc) is 2.47. The molecule has 0 aliphatic heterocycles. The highest BCUT2D eigenvalue weighted by atomic mass is 16.5. The van der Waals surface area contributed by atoms with Crippen LogP contribution in [0.3, 0.4) is 0 Å². The van der Waals surface area contributed by atoms with Gasteiger partial charge in [-0.25, -0.2) is 0 Å². The van der Waals surface area contributed by atoms with Crippen molar-refractivity contribution in [2.45, 2.75) is 6.42 Å². The summed E-state index contributed by atoms with van der Waals surface area (Å²) in [6.45, 7) is 0. The predicted molar refractivity (Wildman–Crippen MR) is 74.6 cm³/mol. The van der Waals surface area contributed by atoms with Crippen molar-refractivity contribution in [1.29, 1.82) is 0 Å². The van der Waals surface area contributed by atoms with E-state index in [4.69, 9.17) is 0 Å². The second kappa shape index (κ2) is 6.42. The Bertz CT molecular complexity index is 601. The van der Waals surface area contributed by atoms with E-state index in [1.807, 2.05) is 54.6 Å². The zero-order valence-corrected chi connectivity index (χ0v) is 10.7. The largest absolute Gasteiger partial charge is 0.469 e. The highest BCUT2D eigenvalue weighted by Crippen LogP contribution is 2.05. The molecule has 0 radical (unpaired) electrons. The Morgan fingerprint density at radius 3 is 2.11 bits per heavy atom. The van der Waals surface area contributed by atoms with E-state index in [0.29, 0.717) is 6.42 Å². The fourth-order valence-corrected chi connectivity index (χ4v) is 1.61. The molecular weight excluding hydrogens is 236 g/mol. The number of carbonyl (C=O) groups is 1. The molecule has 0 atom stereocenters. The Hall–Kier alpha value is -2.53. The monoisotopic (exact) mass is 250 g/mol. The quantitative estimate of drug-likeness (QED) is 0.605. The van der Waals surface area contributed by atoms with Gasteiger partial charge in [0.2, 0.25) is 0 Å². The first-order chi connectivity index (χ1) is 9.28. The van der Waals surface area contributed by atoms with Gasteiger partial charge in [-0.15, -0.1) is 0 Å². The van der Waals surface area contributed by atoms with E-state index in [2.05, 4.69) is 16.6 Å². The van der Waals surface area contributed by atoms with Crippen molar-refractivity contribution < 1.29 is 9.53 Å². The zero-order valence-electron chi connectivity index (χ0n) is 10.7. The van der Waals surface area contributed by atoms with Gasteiger partial charge in [0, 0.05) is 11.1 Å². The first-order valence-electron chi connectivity index (χ1n) is 6.01. The number of carbonyl (C=O) groups excluding carboxylic acids is 1. The van der Waals surface area contributed by atoms with Crippen LogP contribution in [0.4, 0.5) is 0 Å². The Morgan fingerprint density at radius 1 is 0.947 bits per heavy atom. The molecule has 0 spiro atoms. The third kappa shape index (κ3) is 4.01. The van der Waals surface area contributed by atoms with Gasteiger partial charge in [-0.1, -0.05) is 42.2 Å². The Labute approximate surface area is 113 Å². The summed E-state index contributed by atoms with van der Waals surface area (Å²) in [7, 11) is 1.39. The molecule has 0 bridgehead atoms. The third-order valence-electron chi connectivity index (χ3n) is 2.66. The van der Waals surface area contributed by atoms with Crippen LogP contribution in [0.2, 0.25) is 0 Å². The lowest BCUT2D eigenvalue weighted by Gasteiger charge is -1.99. The first-order valence-corrected chi connectivity index (χ1v) is 6.01. The van der Waals surface area contributed by atoms with Crippen molar-refractivity contribution in [2.24, 2.45) is 0 Å². The smallest absolute Gasteiger partial charge is 0.309 e. The second-order valence-electron chi connectivity index (χ2n) is 4.07. The van der Waals surface area contributed by atoms with Crippen molar-refractivity contribution in [3.8, 4) is 11.8 Å². The molecule has 2 heteroatoms. The third-order valence-corrected chi connectivity index (χ3v) is 2.66. The number of ether oxygens (including phenoxy) is 1. The lowest BCUT2D eigenvalue weighted by atomic mass is 10.1. The summed E-state index contributed by atoms with van der Waals surface area (Å²) in [6.07, 6.45) is 0.295. The van der Waals surface area contributed by atoms with Crippen molar-refractivity contribution in [3.05, 3.63) is 71.3 Å². The van der Waals surface area contributed by atoms with Gasteiger partial charge in [0.05, 0.1) is 13.5 Å². The molecule has 0 aliphatic rings. The highest BCUT2D eigenvalue weighted by molar-refractivity contribution is 5.72. The van der Waals surface area contributed by atoms with E-state index in [-0.39, 0.29) is 5.97 Å². The van der Waals surface area contributed by atoms with E-state index >= 15 is 0 Å². The van der Waals surface area contributed by atoms with Gasteiger partial charge >= 0.3 is 5.97 Å². The molecule has 0 unspecified atom stereocenters. The summed E-state index contributed by atoms with van der Waals surface area (Å²) in [6, 6.07) is 17.4. The van der Waals surface area contributed by atoms with E-state index in [1.54, 1.807) is 0 Å². The molecule has 0 saturated carbocycles. The van der Waals surface area contributed by atoms with Crippen LogP contribution in [-0.4, -0.2) is 13.1 Å². The molecule has 0 N–H and O–H groups in total. The molecule has 2 aromatic carbocycles. The van der Waals surface area contributed by atoms with E-state index < -0.39 is 0 Å². The summed E-state index contributed by atoms with van der Waals surface area (Å²) in [4.78, 5) is 11.1. The van der Waals surface area contributed by atoms with Crippen molar-refractivity contribution in [3.63, 3.8) is 0 Å². The van der Waals surface area contributed by atoms with Crippen molar-refractivity contribution in [1.82, 2.24) is 0 Å². The normalized spacial score (nSPS) is 9.32. The zero-order chi connectivity index (χ0) is 13.5. The predicted octanol–water partition coefficient (Wildman–Crippen LogP) is 2.80. The SMILES string of the molecule is COC(=O)Cc1ccc(C#Cc2ccccc2)cc1. The molecule has 0 amide bonds. The lowest BCUT2D eigenvalue weighted by Crippen LogP contribution is -2.04. The number of hydrogen-bond acceptors (Lipinski definition) is 2. The van der Waals surface area contributed by atoms with Crippen LogP contribution in [0.15, 0.2) is 54.6 Å². The van der Waals surface area contributed by atoms with Crippen LogP contribution in [0.1, 0.15) is 16.7 Å². The summed E-state index contributed by atoms with van der Waals surface area (Å²) in [5, 5.41) is 0. The molecule has 0 fully saturated rings. The van der Waals surface area contributed by atoms with Gasteiger partial charge in [-0.3, -0.25) is 4.79 Å². The minimum Gasteiger partial charge on any atom is -0.469 e. The van der Waals surface area contributed by atoms with Gasteiger partial charge in [-0.05, 0) is 29.8 Å². The molecule has 0 aromatic heterocycles. The maximum atomic E-state index is 11.1. The average molecular weight is 250 g/mol. The standard InChI is InChI=1S/C17H14O2/c1-19-17(18)13-16-11-9-15(10-12-16)8-7-14-5-3-2-4-6-14/h2-6,9-12H,13H2,1H3. The van der Waals surface area contributed by atoms with Crippen LogP contribution < -0.4 is 0 Å². The number of esters is 1. The molecule has 2 rings (SSSR count). The van der Waals surface area contributed by atoms with Crippen LogP contribution in [0.25, 0.3) is 0 Å². The van der Waals surface area contributed by atoms with Crippen LogP contribution >= 0.6 is 0 Å². The number of benzene rings is 2. The number of methoxy groups -OCH3 is 1. The maximum Gasteiger partial charge on any atom is 0.309 e. The van der Waals surface area contributed by atoms with Crippen LogP contribution in [-0.2, 0) is 16.0 Å². The molecule has 94 valence electrons. The van der Waals surface area contributed by atoms with Gasteiger partial charge in [0.25, 0.3) is 0 Å². The minimum absolute atomic E-state index is 0.233. The summed E-state index contributed by atoms with van der Waals surface area (Å²) in [5.41, 5.74) is 2.84. The van der Waals surface area contributed by atoms with Gasteiger partial charge in [0.1, 0.15) is 0 Å². The Kier molecular flexibility index (Phi) is 4.36. The topological polar surface area (TPSA) is 26.3 Å². The fourth-order valence-electron chi connectivity index (χ4n) is 1.61. The Morgan fingerprint density at radius 2 is 1.53 bits per heavy atom. The van der Waals surface area contributed by atoms with Crippen LogP contribution in [0.5, 0.6) is 0 Å². The van der Waals surface area contributed by atoms with Gasteiger partial charge in [-0.2, -0.15) is 0 Å². The van der Waals surface area contributed by atoms with E-state index in [1.165, 1.54) is 7.11 Å². The molecule has 0 aliphatic carbocycles. The minimum atomic E-state index is -0.233. The molecular formula is C17H14O2. The lowest BCUT2D eigenvalue weighted by molar-refractivity contribution is -0.139. The number of hydrogen-bond donors (Lipinski definition) is 0. The van der Waals surface area contributed by atoms with Gasteiger partial charge in [0.15, 0.2) is 0 Å². The molecule has 2 aromatic rings. The highest BCUT2D eigenvalue weighted by Gasteiger charge is 2.01. The maximum absolute atomic E-state index is 11.1. The second-order valence-corrected chi connectivity index (χ2v) is 4.07. The molecule has 2 nitrogen and oxygen atoms in total. The number of rotatable bonds is 2. The summed E-state index contributed by atoms with van der Waals surface area (Å²) >= 11 is 0. The summed E-state index contributed by atoms with van der Waals surface area (Å²) < 4.78 is 4.62.